The Balaban J connectivity index is 4.63. The van der Waals surface area contributed by atoms with Gasteiger partial charge in [0.2, 0.25) is 0 Å². The van der Waals surface area contributed by atoms with Gasteiger partial charge in [-0.05, 0) is 24.7 Å². The summed E-state index contributed by atoms with van der Waals surface area (Å²) in [4.78, 5) is 10.5. The Labute approximate surface area is 116 Å². The fraction of sp³-hybridized carbons (Fsp3) is 0.917. The topological polar surface area (TPSA) is 86.7 Å². The smallest absolute Gasteiger partial charge is 0.318 e. The first-order chi connectivity index (χ1) is 8.65. The molecule has 0 aromatic heterocycles. The molecular weight excluding hydrogens is 268 g/mol. The lowest BCUT2D eigenvalue weighted by atomic mass is 10.1. The number of carboxylic acid groups (broad SMARTS) is 1. The van der Waals surface area contributed by atoms with Gasteiger partial charge in [0, 0.05) is 13.1 Å². The van der Waals surface area contributed by atoms with Crippen LogP contribution in [0.5, 0.6) is 0 Å². The van der Waals surface area contributed by atoms with Gasteiger partial charge >= 0.3 is 5.97 Å². The predicted octanol–water partition coefficient (Wildman–Crippen LogP) is 1.30. The van der Waals surface area contributed by atoms with E-state index in [1.54, 1.807) is 0 Å². The van der Waals surface area contributed by atoms with Crippen LogP contribution in [-0.4, -0.2) is 43.4 Å². The number of carboxylic acids is 1. The fourth-order valence-electron chi connectivity index (χ4n) is 1.40. The van der Waals surface area contributed by atoms with Crippen LogP contribution in [0.3, 0.4) is 0 Å². The second-order valence-corrected chi connectivity index (χ2v) is 7.24. The average molecular weight is 294 g/mol. The highest BCUT2D eigenvalue weighted by Gasteiger charge is 2.22. The van der Waals surface area contributed by atoms with Crippen molar-refractivity contribution < 1.29 is 18.3 Å². The summed E-state index contributed by atoms with van der Waals surface area (Å²) in [5, 5.41) is 8.55. The van der Waals surface area contributed by atoms with E-state index in [0.29, 0.717) is 24.9 Å². The molecule has 0 aliphatic heterocycles. The molecule has 0 fully saturated rings. The van der Waals surface area contributed by atoms with E-state index in [1.165, 1.54) is 4.31 Å². The van der Waals surface area contributed by atoms with Gasteiger partial charge in [-0.15, -0.1) is 0 Å². The van der Waals surface area contributed by atoms with Gasteiger partial charge < -0.3 is 5.11 Å². The summed E-state index contributed by atoms with van der Waals surface area (Å²) in [6, 6.07) is 0. The average Bonchev–Trinajstić information content (AvgIpc) is 2.25. The lowest BCUT2D eigenvalue weighted by Gasteiger charge is -2.23. The molecule has 7 heteroatoms. The van der Waals surface area contributed by atoms with Crippen molar-refractivity contribution in [3.05, 3.63) is 0 Å². The van der Waals surface area contributed by atoms with E-state index >= 15 is 0 Å². The Morgan fingerprint density at radius 1 is 1.11 bits per heavy atom. The lowest BCUT2D eigenvalue weighted by Crippen LogP contribution is -2.44. The maximum Gasteiger partial charge on any atom is 0.318 e. The van der Waals surface area contributed by atoms with E-state index in [1.807, 2.05) is 27.7 Å². The Bertz CT molecular complexity index is 354. The molecule has 0 saturated carbocycles. The normalized spacial score (nSPS) is 12.6. The van der Waals surface area contributed by atoms with Crippen LogP contribution in [0.2, 0.25) is 0 Å². The van der Waals surface area contributed by atoms with Crippen molar-refractivity contribution >= 4 is 16.2 Å². The lowest BCUT2D eigenvalue weighted by molar-refractivity contribution is -0.135. The minimum absolute atomic E-state index is 0.399. The Morgan fingerprint density at radius 2 is 1.53 bits per heavy atom. The number of hydrogen-bond acceptors (Lipinski definition) is 3. The number of nitrogens with zero attached hydrogens (tertiary/aromatic N) is 1. The van der Waals surface area contributed by atoms with E-state index < -0.39 is 22.7 Å². The minimum atomic E-state index is -3.71. The van der Waals surface area contributed by atoms with E-state index in [9.17, 15) is 13.2 Å². The number of rotatable bonds is 10. The second-order valence-electron chi connectivity index (χ2n) is 5.48. The molecule has 0 aliphatic rings. The number of hydrogen-bond donors (Lipinski definition) is 2. The van der Waals surface area contributed by atoms with E-state index in [2.05, 4.69) is 4.72 Å². The molecule has 0 radical (unpaired) electrons. The number of nitrogens with one attached hydrogen (secondary N) is 1. The van der Waals surface area contributed by atoms with E-state index in [0.717, 1.165) is 12.8 Å². The van der Waals surface area contributed by atoms with Crippen molar-refractivity contribution in [1.29, 1.82) is 0 Å². The first kappa shape index (κ1) is 18.3. The zero-order chi connectivity index (χ0) is 15.1. The molecule has 0 heterocycles. The molecule has 0 amide bonds. The standard InChI is InChI=1S/C12H26N2O4S/c1-10(2)5-7-14(8-6-11(3)4)19(17,18)13-9-12(15)16/h10-11,13H,5-9H2,1-4H3,(H,15,16). The Morgan fingerprint density at radius 3 is 1.84 bits per heavy atom. The second kappa shape index (κ2) is 8.50. The molecule has 2 N–H and O–H groups in total. The van der Waals surface area contributed by atoms with Crippen molar-refractivity contribution in [2.24, 2.45) is 11.8 Å². The summed E-state index contributed by atoms with van der Waals surface area (Å²) in [6.45, 7) is 8.35. The van der Waals surface area contributed by atoms with Crippen LogP contribution in [0.15, 0.2) is 0 Å². The van der Waals surface area contributed by atoms with Gasteiger partial charge in [-0.25, -0.2) is 0 Å². The highest BCUT2D eigenvalue weighted by molar-refractivity contribution is 7.87. The molecule has 0 aromatic carbocycles. The summed E-state index contributed by atoms with van der Waals surface area (Å²) in [7, 11) is -3.71. The maximum absolute atomic E-state index is 12.0. The summed E-state index contributed by atoms with van der Waals surface area (Å²) in [6.07, 6.45) is 1.51. The maximum atomic E-state index is 12.0. The summed E-state index contributed by atoms with van der Waals surface area (Å²) >= 11 is 0. The first-order valence-electron chi connectivity index (χ1n) is 6.61. The van der Waals surface area contributed by atoms with Crippen molar-refractivity contribution in [1.82, 2.24) is 9.03 Å². The van der Waals surface area contributed by atoms with Gasteiger partial charge in [0.05, 0.1) is 0 Å². The molecule has 6 nitrogen and oxygen atoms in total. The molecule has 0 aromatic rings. The molecule has 0 aliphatic carbocycles. The number of carbonyl (C=O) groups is 1. The van der Waals surface area contributed by atoms with Crippen LogP contribution in [0.4, 0.5) is 0 Å². The van der Waals surface area contributed by atoms with Gasteiger partial charge in [0.15, 0.2) is 0 Å². The molecule has 19 heavy (non-hydrogen) atoms. The highest BCUT2D eigenvalue weighted by atomic mass is 32.2. The van der Waals surface area contributed by atoms with Crippen molar-refractivity contribution in [3.63, 3.8) is 0 Å². The highest BCUT2D eigenvalue weighted by Crippen LogP contribution is 2.09. The quantitative estimate of drug-likeness (QED) is 0.636. The molecule has 114 valence electrons. The molecule has 0 bridgehead atoms. The van der Waals surface area contributed by atoms with Crippen LogP contribution < -0.4 is 4.72 Å². The first-order valence-corrected chi connectivity index (χ1v) is 8.05. The van der Waals surface area contributed by atoms with Crippen molar-refractivity contribution in [2.45, 2.75) is 40.5 Å². The monoisotopic (exact) mass is 294 g/mol. The summed E-state index contributed by atoms with van der Waals surface area (Å²) in [5.74, 6) is -0.385. The van der Waals surface area contributed by atoms with Crippen LogP contribution >= 0.6 is 0 Å². The minimum Gasteiger partial charge on any atom is -0.480 e. The van der Waals surface area contributed by atoms with Gasteiger partial charge in [-0.2, -0.15) is 17.4 Å². The fourth-order valence-corrected chi connectivity index (χ4v) is 2.58. The SMILES string of the molecule is CC(C)CCN(CCC(C)C)S(=O)(=O)NCC(=O)O. The molecule has 0 rings (SSSR count). The van der Waals surface area contributed by atoms with Gasteiger partial charge in [0.25, 0.3) is 10.2 Å². The van der Waals surface area contributed by atoms with Crippen LogP contribution in [0.1, 0.15) is 40.5 Å². The molecular formula is C12H26N2O4S. The van der Waals surface area contributed by atoms with Crippen LogP contribution in [-0.2, 0) is 15.0 Å². The number of aliphatic carboxylic acids is 1. The largest absolute Gasteiger partial charge is 0.480 e. The van der Waals surface area contributed by atoms with Crippen LogP contribution in [0, 0.1) is 11.8 Å². The van der Waals surface area contributed by atoms with Crippen molar-refractivity contribution in [3.8, 4) is 0 Å². The molecule has 0 saturated heterocycles. The van der Waals surface area contributed by atoms with E-state index in [4.69, 9.17) is 5.11 Å². The van der Waals surface area contributed by atoms with Crippen molar-refractivity contribution in [2.75, 3.05) is 19.6 Å². The third kappa shape index (κ3) is 8.96. The Hall–Kier alpha value is -0.660. The Kier molecular flexibility index (Phi) is 8.20. The zero-order valence-electron chi connectivity index (χ0n) is 12.2. The zero-order valence-corrected chi connectivity index (χ0v) is 13.0. The van der Waals surface area contributed by atoms with Gasteiger partial charge in [-0.3, -0.25) is 4.79 Å². The third-order valence-corrected chi connectivity index (χ3v) is 4.21. The molecule has 0 atom stereocenters. The summed E-state index contributed by atoms with van der Waals surface area (Å²) < 4.78 is 27.5. The summed E-state index contributed by atoms with van der Waals surface area (Å²) in [5.41, 5.74) is 0. The molecule has 0 unspecified atom stereocenters. The van der Waals surface area contributed by atoms with Gasteiger partial charge in [0.1, 0.15) is 6.54 Å². The van der Waals surface area contributed by atoms with Crippen LogP contribution in [0.25, 0.3) is 0 Å². The van der Waals surface area contributed by atoms with Gasteiger partial charge in [-0.1, -0.05) is 27.7 Å². The molecule has 0 spiro atoms. The third-order valence-electron chi connectivity index (χ3n) is 2.66. The van der Waals surface area contributed by atoms with E-state index in [-0.39, 0.29) is 0 Å². The predicted molar refractivity (Wildman–Crippen MR) is 75.0 cm³/mol.